The molecule has 1 aromatic rings. The van der Waals surface area contributed by atoms with Gasteiger partial charge in [0.1, 0.15) is 5.75 Å². The third-order valence-corrected chi connectivity index (χ3v) is 4.22. The summed E-state index contributed by atoms with van der Waals surface area (Å²) in [5.74, 6) is 0.695. The molecule has 20 heavy (non-hydrogen) atoms. The molecule has 0 aliphatic carbocycles. The van der Waals surface area contributed by atoms with Gasteiger partial charge in [0.05, 0.1) is 25.3 Å². The van der Waals surface area contributed by atoms with Gasteiger partial charge in [0, 0.05) is 25.2 Å². The number of hydrogen-bond acceptors (Lipinski definition) is 4. The topological polar surface area (TPSA) is 47.7 Å². The zero-order chi connectivity index (χ0) is 14.5. The van der Waals surface area contributed by atoms with E-state index in [4.69, 9.17) is 26.8 Å². The van der Waals surface area contributed by atoms with Gasteiger partial charge in [-0.15, -0.1) is 0 Å². The van der Waals surface area contributed by atoms with Crippen LogP contribution in [0.15, 0.2) is 18.2 Å². The molecular weight excluding hydrogens is 276 g/mol. The Hall–Kier alpha value is -0.810. The minimum Gasteiger partial charge on any atom is -0.495 e. The third kappa shape index (κ3) is 3.26. The average Bonchev–Trinajstić information content (AvgIpc) is 2.49. The van der Waals surface area contributed by atoms with Crippen LogP contribution < -0.4 is 10.5 Å². The van der Waals surface area contributed by atoms with Crippen molar-refractivity contribution in [3.05, 3.63) is 28.8 Å². The van der Waals surface area contributed by atoms with Gasteiger partial charge >= 0.3 is 0 Å². The molecule has 1 aromatic carbocycles. The van der Waals surface area contributed by atoms with Crippen LogP contribution in [0.4, 0.5) is 0 Å². The summed E-state index contributed by atoms with van der Waals surface area (Å²) in [5.41, 5.74) is 7.15. The molecule has 0 radical (unpaired) electrons. The number of ether oxygens (including phenoxy) is 2. The first kappa shape index (κ1) is 15.6. The van der Waals surface area contributed by atoms with Gasteiger partial charge in [-0.25, -0.2) is 0 Å². The Bertz CT molecular complexity index is 442. The van der Waals surface area contributed by atoms with Gasteiger partial charge in [-0.3, -0.25) is 4.90 Å². The summed E-state index contributed by atoms with van der Waals surface area (Å²) in [7, 11) is 1.62. The predicted molar refractivity (Wildman–Crippen MR) is 81.4 cm³/mol. The Morgan fingerprint density at radius 3 is 2.95 bits per heavy atom. The highest BCUT2D eigenvalue weighted by Gasteiger charge is 2.28. The Morgan fingerprint density at radius 2 is 2.35 bits per heavy atom. The molecule has 0 spiro atoms. The SMILES string of the molecule is CCC1COCCN1C(CN)c1ccc(OC)c(Cl)c1. The lowest BCUT2D eigenvalue weighted by molar-refractivity contribution is -0.0291. The quantitative estimate of drug-likeness (QED) is 0.907. The largest absolute Gasteiger partial charge is 0.495 e. The van der Waals surface area contributed by atoms with E-state index in [-0.39, 0.29) is 6.04 Å². The molecule has 0 saturated carbocycles. The summed E-state index contributed by atoms with van der Waals surface area (Å²) in [6.45, 7) is 5.19. The summed E-state index contributed by atoms with van der Waals surface area (Å²) >= 11 is 6.23. The van der Waals surface area contributed by atoms with Crippen LogP contribution in [0, 0.1) is 0 Å². The van der Waals surface area contributed by atoms with Crippen LogP contribution in [0.1, 0.15) is 24.9 Å². The van der Waals surface area contributed by atoms with E-state index >= 15 is 0 Å². The maximum Gasteiger partial charge on any atom is 0.137 e. The van der Waals surface area contributed by atoms with Crippen molar-refractivity contribution >= 4 is 11.6 Å². The van der Waals surface area contributed by atoms with E-state index in [1.54, 1.807) is 7.11 Å². The second-order valence-electron chi connectivity index (χ2n) is 5.02. The highest BCUT2D eigenvalue weighted by atomic mass is 35.5. The van der Waals surface area contributed by atoms with Crippen LogP contribution in [-0.2, 0) is 4.74 Å². The monoisotopic (exact) mass is 298 g/mol. The number of rotatable bonds is 5. The van der Waals surface area contributed by atoms with E-state index in [1.165, 1.54) is 0 Å². The smallest absolute Gasteiger partial charge is 0.137 e. The maximum atomic E-state index is 6.23. The zero-order valence-corrected chi connectivity index (χ0v) is 12.9. The number of hydrogen-bond donors (Lipinski definition) is 1. The van der Waals surface area contributed by atoms with Gasteiger partial charge in [-0.05, 0) is 24.1 Å². The molecule has 2 unspecified atom stereocenters. The van der Waals surface area contributed by atoms with Gasteiger partial charge in [0.15, 0.2) is 0 Å². The van der Waals surface area contributed by atoms with E-state index < -0.39 is 0 Å². The van der Waals surface area contributed by atoms with Crippen LogP contribution in [0.3, 0.4) is 0 Å². The van der Waals surface area contributed by atoms with E-state index in [0.29, 0.717) is 23.4 Å². The van der Waals surface area contributed by atoms with Crippen LogP contribution in [-0.4, -0.2) is 44.4 Å². The van der Waals surface area contributed by atoms with Crippen molar-refractivity contribution < 1.29 is 9.47 Å². The van der Waals surface area contributed by atoms with Crippen molar-refractivity contribution in [2.24, 2.45) is 5.73 Å². The summed E-state index contributed by atoms with van der Waals surface area (Å²) in [6, 6.07) is 6.50. The van der Waals surface area contributed by atoms with E-state index in [1.807, 2.05) is 18.2 Å². The summed E-state index contributed by atoms with van der Waals surface area (Å²) in [4.78, 5) is 2.43. The van der Waals surface area contributed by atoms with Crippen LogP contribution in [0.5, 0.6) is 5.75 Å². The fourth-order valence-corrected chi connectivity index (χ4v) is 3.05. The molecule has 1 fully saturated rings. The Labute approximate surface area is 125 Å². The fourth-order valence-electron chi connectivity index (χ4n) is 2.78. The number of benzene rings is 1. The molecule has 1 aliphatic heterocycles. The van der Waals surface area contributed by atoms with Gasteiger partial charge in [-0.2, -0.15) is 0 Å². The van der Waals surface area contributed by atoms with Crippen molar-refractivity contribution in [1.29, 1.82) is 0 Å². The molecule has 2 rings (SSSR count). The van der Waals surface area contributed by atoms with Gasteiger partial charge in [0.25, 0.3) is 0 Å². The van der Waals surface area contributed by atoms with Crippen LogP contribution in [0.2, 0.25) is 5.02 Å². The van der Waals surface area contributed by atoms with E-state index in [2.05, 4.69) is 11.8 Å². The van der Waals surface area contributed by atoms with Crippen molar-refractivity contribution in [1.82, 2.24) is 4.90 Å². The highest BCUT2D eigenvalue weighted by molar-refractivity contribution is 6.32. The lowest BCUT2D eigenvalue weighted by Gasteiger charge is -2.40. The Balaban J connectivity index is 2.24. The summed E-state index contributed by atoms with van der Waals surface area (Å²) in [6.07, 6.45) is 1.06. The zero-order valence-electron chi connectivity index (χ0n) is 12.1. The standard InChI is InChI=1S/C15H23ClN2O2/c1-3-12-10-20-7-6-18(12)14(9-17)11-4-5-15(19-2)13(16)8-11/h4-5,8,12,14H,3,6-7,9-10,17H2,1-2H3. The van der Waals surface area contributed by atoms with Gasteiger partial charge < -0.3 is 15.2 Å². The van der Waals surface area contributed by atoms with Crippen LogP contribution in [0.25, 0.3) is 0 Å². The highest BCUT2D eigenvalue weighted by Crippen LogP contribution is 2.31. The molecule has 4 nitrogen and oxygen atoms in total. The minimum atomic E-state index is 0.173. The number of halogens is 1. The second kappa shape index (κ2) is 7.27. The molecule has 2 N–H and O–H groups in total. The molecule has 5 heteroatoms. The third-order valence-electron chi connectivity index (χ3n) is 3.93. The van der Waals surface area contributed by atoms with Crippen molar-refractivity contribution in [3.8, 4) is 5.75 Å². The average molecular weight is 299 g/mol. The summed E-state index contributed by atoms with van der Waals surface area (Å²) in [5, 5.41) is 0.629. The molecule has 0 amide bonds. The normalized spacial score (nSPS) is 21.7. The lowest BCUT2D eigenvalue weighted by atomic mass is 10.0. The van der Waals surface area contributed by atoms with Crippen LogP contribution >= 0.6 is 11.6 Å². The van der Waals surface area contributed by atoms with Crippen molar-refractivity contribution in [2.75, 3.05) is 33.4 Å². The molecule has 1 heterocycles. The number of morpholine rings is 1. The van der Waals surface area contributed by atoms with E-state index in [0.717, 1.165) is 31.7 Å². The molecule has 1 saturated heterocycles. The maximum absolute atomic E-state index is 6.23. The molecule has 112 valence electrons. The minimum absolute atomic E-state index is 0.173. The second-order valence-corrected chi connectivity index (χ2v) is 5.43. The first-order chi connectivity index (χ1) is 9.71. The lowest BCUT2D eigenvalue weighted by Crippen LogP contribution is -2.48. The van der Waals surface area contributed by atoms with Gasteiger partial charge in [0.2, 0.25) is 0 Å². The van der Waals surface area contributed by atoms with Crippen molar-refractivity contribution in [3.63, 3.8) is 0 Å². The first-order valence-corrected chi connectivity index (χ1v) is 7.46. The Kier molecular flexibility index (Phi) is 5.66. The predicted octanol–water partition coefficient (Wildman–Crippen LogP) is 2.46. The molecule has 2 atom stereocenters. The molecule has 0 bridgehead atoms. The molecule has 0 aromatic heterocycles. The first-order valence-electron chi connectivity index (χ1n) is 7.08. The number of nitrogens with two attached hydrogens (primary N) is 1. The van der Waals surface area contributed by atoms with E-state index in [9.17, 15) is 0 Å². The van der Waals surface area contributed by atoms with Crippen molar-refractivity contribution in [2.45, 2.75) is 25.4 Å². The molecule has 1 aliphatic rings. The van der Waals surface area contributed by atoms with Gasteiger partial charge in [-0.1, -0.05) is 24.6 Å². The number of nitrogens with zero attached hydrogens (tertiary/aromatic N) is 1. The number of methoxy groups -OCH3 is 1. The fraction of sp³-hybridized carbons (Fsp3) is 0.600. The summed E-state index contributed by atoms with van der Waals surface area (Å²) < 4.78 is 10.8. The Morgan fingerprint density at radius 1 is 1.55 bits per heavy atom. The molecular formula is C15H23ClN2O2.